The molecule has 4 aliphatic rings. The Morgan fingerprint density at radius 3 is 2.37 bits per heavy atom. The third-order valence-electron chi connectivity index (χ3n) is 6.10. The summed E-state index contributed by atoms with van der Waals surface area (Å²) >= 11 is 0. The predicted octanol–water partition coefficient (Wildman–Crippen LogP) is 1.60. The molecule has 3 aliphatic carbocycles. The number of amides is 1. The van der Waals surface area contributed by atoms with Crippen LogP contribution >= 0.6 is 0 Å². The van der Waals surface area contributed by atoms with Crippen LogP contribution in [0.3, 0.4) is 0 Å². The van der Waals surface area contributed by atoms with E-state index in [1.807, 2.05) is 4.90 Å². The number of aliphatic carboxylic acids is 1. The highest BCUT2D eigenvalue weighted by Gasteiger charge is 2.68. The molecule has 0 aromatic heterocycles. The van der Waals surface area contributed by atoms with Crippen LogP contribution in [-0.4, -0.2) is 35.0 Å². The SMILES string of the molecule is O=C(O)C1CCCN(C(=O)C2C3C4CCC(C4)C23)C1. The van der Waals surface area contributed by atoms with Crippen LogP contribution in [-0.2, 0) is 9.59 Å². The second kappa shape index (κ2) is 3.97. The molecule has 1 amide bonds. The Bertz CT molecular complexity index is 419. The zero-order valence-electron chi connectivity index (χ0n) is 11.1. The summed E-state index contributed by atoms with van der Waals surface area (Å²) < 4.78 is 0. The average Bonchev–Trinajstić information content (AvgIpc) is 2.85. The van der Waals surface area contributed by atoms with E-state index in [-0.39, 0.29) is 17.7 Å². The van der Waals surface area contributed by atoms with E-state index in [2.05, 4.69) is 0 Å². The largest absolute Gasteiger partial charge is 0.481 e. The van der Waals surface area contributed by atoms with Crippen molar-refractivity contribution >= 4 is 11.9 Å². The van der Waals surface area contributed by atoms with Gasteiger partial charge in [-0.05, 0) is 55.8 Å². The zero-order chi connectivity index (χ0) is 13.1. The van der Waals surface area contributed by atoms with E-state index in [1.165, 1.54) is 19.3 Å². The highest BCUT2D eigenvalue weighted by molar-refractivity contribution is 5.83. The van der Waals surface area contributed by atoms with Crippen LogP contribution in [0.15, 0.2) is 0 Å². The topological polar surface area (TPSA) is 57.6 Å². The number of hydrogen-bond acceptors (Lipinski definition) is 2. The van der Waals surface area contributed by atoms with Gasteiger partial charge < -0.3 is 10.0 Å². The smallest absolute Gasteiger partial charge is 0.308 e. The van der Waals surface area contributed by atoms with Gasteiger partial charge in [-0.1, -0.05) is 0 Å². The molecule has 0 radical (unpaired) electrons. The molecule has 5 atom stereocenters. The van der Waals surface area contributed by atoms with Crippen LogP contribution in [0, 0.1) is 35.5 Å². The molecule has 3 saturated carbocycles. The standard InChI is InChI=1S/C15H21NO3/c17-14(16-5-1-2-10(7-16)15(18)19)13-11-8-3-4-9(6-8)12(11)13/h8-13H,1-7H2,(H,18,19). The monoisotopic (exact) mass is 263 g/mol. The molecule has 0 aromatic rings. The molecule has 4 heteroatoms. The van der Waals surface area contributed by atoms with Crippen molar-refractivity contribution in [1.82, 2.24) is 4.90 Å². The molecule has 104 valence electrons. The number of fused-ring (bicyclic) bond motifs is 5. The Kier molecular flexibility index (Phi) is 2.45. The first-order chi connectivity index (χ1) is 9.16. The number of carbonyl (C=O) groups excluding carboxylic acids is 1. The number of piperidine rings is 1. The Labute approximate surface area is 113 Å². The van der Waals surface area contributed by atoms with Crippen molar-refractivity contribution in [2.45, 2.75) is 32.1 Å². The minimum atomic E-state index is -0.742. The molecule has 2 bridgehead atoms. The van der Waals surface area contributed by atoms with E-state index < -0.39 is 5.97 Å². The molecule has 5 unspecified atom stereocenters. The summed E-state index contributed by atoms with van der Waals surface area (Å²) in [4.78, 5) is 25.5. The number of likely N-dealkylation sites (tertiary alicyclic amines) is 1. The van der Waals surface area contributed by atoms with Gasteiger partial charge in [-0.3, -0.25) is 9.59 Å². The highest BCUT2D eigenvalue weighted by atomic mass is 16.4. The molecule has 4 nitrogen and oxygen atoms in total. The first-order valence-electron chi connectivity index (χ1n) is 7.68. The maximum Gasteiger partial charge on any atom is 0.308 e. The van der Waals surface area contributed by atoms with Crippen LogP contribution in [0.2, 0.25) is 0 Å². The van der Waals surface area contributed by atoms with Crippen LogP contribution in [0.4, 0.5) is 0 Å². The quantitative estimate of drug-likeness (QED) is 0.823. The molecule has 19 heavy (non-hydrogen) atoms. The van der Waals surface area contributed by atoms with Gasteiger partial charge in [0.1, 0.15) is 0 Å². The van der Waals surface area contributed by atoms with E-state index in [1.54, 1.807) is 0 Å². The third kappa shape index (κ3) is 1.65. The summed E-state index contributed by atoms with van der Waals surface area (Å²) in [6.45, 7) is 1.22. The third-order valence-corrected chi connectivity index (χ3v) is 6.10. The summed E-state index contributed by atoms with van der Waals surface area (Å²) in [7, 11) is 0. The van der Waals surface area contributed by atoms with Gasteiger partial charge in [0.25, 0.3) is 0 Å². The lowest BCUT2D eigenvalue weighted by Gasteiger charge is -2.31. The Morgan fingerprint density at radius 2 is 1.74 bits per heavy atom. The lowest BCUT2D eigenvalue weighted by Crippen LogP contribution is -2.43. The molecule has 4 rings (SSSR count). The fourth-order valence-electron chi connectivity index (χ4n) is 5.24. The molecule has 1 aliphatic heterocycles. The first-order valence-corrected chi connectivity index (χ1v) is 7.68. The van der Waals surface area contributed by atoms with Crippen molar-refractivity contribution in [1.29, 1.82) is 0 Å². The van der Waals surface area contributed by atoms with Gasteiger partial charge in [-0.25, -0.2) is 0 Å². The summed E-state index contributed by atoms with van der Waals surface area (Å²) in [5, 5.41) is 9.11. The molecular formula is C15H21NO3. The molecule has 1 saturated heterocycles. The molecule has 1 heterocycles. The molecule has 0 spiro atoms. The maximum atomic E-state index is 12.6. The molecular weight excluding hydrogens is 242 g/mol. The Balaban J connectivity index is 1.43. The fourth-order valence-corrected chi connectivity index (χ4v) is 5.24. The van der Waals surface area contributed by atoms with Crippen LogP contribution in [0.25, 0.3) is 0 Å². The molecule has 0 aromatic carbocycles. The van der Waals surface area contributed by atoms with Gasteiger partial charge in [0.2, 0.25) is 5.91 Å². The number of rotatable bonds is 2. The minimum absolute atomic E-state index is 0.263. The maximum absolute atomic E-state index is 12.6. The van der Waals surface area contributed by atoms with Crippen molar-refractivity contribution in [3.8, 4) is 0 Å². The van der Waals surface area contributed by atoms with Crippen molar-refractivity contribution in [2.75, 3.05) is 13.1 Å². The van der Waals surface area contributed by atoms with Crippen LogP contribution < -0.4 is 0 Å². The number of carbonyl (C=O) groups is 2. The van der Waals surface area contributed by atoms with Gasteiger partial charge in [0, 0.05) is 19.0 Å². The molecule has 4 fully saturated rings. The van der Waals surface area contributed by atoms with Crippen LogP contribution in [0.5, 0.6) is 0 Å². The summed E-state index contributed by atoms with van der Waals surface area (Å²) in [6.07, 6.45) is 5.58. The van der Waals surface area contributed by atoms with E-state index in [4.69, 9.17) is 5.11 Å². The van der Waals surface area contributed by atoms with Crippen molar-refractivity contribution in [3.63, 3.8) is 0 Å². The number of nitrogens with zero attached hydrogens (tertiary/aromatic N) is 1. The van der Waals surface area contributed by atoms with E-state index in [0.717, 1.165) is 31.2 Å². The van der Waals surface area contributed by atoms with Gasteiger partial charge in [-0.15, -0.1) is 0 Å². The highest BCUT2D eigenvalue weighted by Crippen LogP contribution is 2.69. The normalized spacial score (nSPS) is 47.1. The number of carboxylic acids is 1. The summed E-state index contributed by atoms with van der Waals surface area (Å²) in [5.41, 5.74) is 0. The summed E-state index contributed by atoms with van der Waals surface area (Å²) in [5.74, 6) is 2.40. The molecule has 1 N–H and O–H groups in total. The van der Waals surface area contributed by atoms with Gasteiger partial charge in [0.05, 0.1) is 5.92 Å². The average molecular weight is 263 g/mol. The summed E-state index contributed by atoms with van der Waals surface area (Å²) in [6, 6.07) is 0. The number of carboxylic acid groups (broad SMARTS) is 1. The Hall–Kier alpha value is -1.06. The van der Waals surface area contributed by atoms with Gasteiger partial charge in [0.15, 0.2) is 0 Å². The first kappa shape index (κ1) is 11.7. The van der Waals surface area contributed by atoms with Gasteiger partial charge >= 0.3 is 5.97 Å². The van der Waals surface area contributed by atoms with Crippen molar-refractivity contribution in [2.24, 2.45) is 35.5 Å². The van der Waals surface area contributed by atoms with E-state index >= 15 is 0 Å². The second-order valence-electron chi connectivity index (χ2n) is 6.98. The number of hydrogen-bond donors (Lipinski definition) is 1. The lowest BCUT2D eigenvalue weighted by molar-refractivity contribution is -0.146. The van der Waals surface area contributed by atoms with E-state index in [0.29, 0.717) is 18.4 Å². The van der Waals surface area contributed by atoms with E-state index in [9.17, 15) is 9.59 Å². The van der Waals surface area contributed by atoms with Gasteiger partial charge in [-0.2, -0.15) is 0 Å². The fraction of sp³-hybridized carbons (Fsp3) is 0.867. The zero-order valence-corrected chi connectivity index (χ0v) is 11.1. The Morgan fingerprint density at radius 1 is 1.05 bits per heavy atom. The van der Waals surface area contributed by atoms with Crippen LogP contribution in [0.1, 0.15) is 32.1 Å². The predicted molar refractivity (Wildman–Crippen MR) is 68.2 cm³/mol. The minimum Gasteiger partial charge on any atom is -0.481 e. The second-order valence-corrected chi connectivity index (χ2v) is 6.98. The lowest BCUT2D eigenvalue weighted by atomic mass is 9.96. The van der Waals surface area contributed by atoms with Crippen molar-refractivity contribution < 1.29 is 14.7 Å². The van der Waals surface area contributed by atoms with Crippen molar-refractivity contribution in [3.05, 3.63) is 0 Å².